The number of aldehydes is 1. The molecular weight excluding hydrogens is 316 g/mol. The Labute approximate surface area is 125 Å². The smallest absolute Gasteiger partial charge is 0.167 e. The zero-order valence-corrected chi connectivity index (χ0v) is 12.3. The van der Waals surface area contributed by atoms with Gasteiger partial charge in [0.2, 0.25) is 0 Å². The Kier molecular flexibility index (Phi) is 3.53. The first kappa shape index (κ1) is 13.3. The van der Waals surface area contributed by atoms with Crippen LogP contribution in [0.15, 0.2) is 59.1 Å². The van der Waals surface area contributed by atoms with Crippen LogP contribution in [0.1, 0.15) is 21.8 Å². The van der Waals surface area contributed by atoms with Crippen LogP contribution < -0.4 is 0 Å². The third kappa shape index (κ3) is 2.34. The highest BCUT2D eigenvalue weighted by molar-refractivity contribution is 9.10. The number of hydrogen-bond donors (Lipinski definition) is 0. The van der Waals surface area contributed by atoms with Gasteiger partial charge in [-0.2, -0.15) is 0 Å². The zero-order valence-electron chi connectivity index (χ0n) is 10.7. The largest absolute Gasteiger partial charge is 0.303 e. The van der Waals surface area contributed by atoms with Gasteiger partial charge >= 0.3 is 0 Å². The summed E-state index contributed by atoms with van der Waals surface area (Å²) in [6.07, 6.45) is 0.915. The van der Waals surface area contributed by atoms with Gasteiger partial charge in [-0.15, -0.1) is 0 Å². The number of benzene rings is 2. The minimum atomic E-state index is -0.212. The molecule has 2 aromatic rings. The van der Waals surface area contributed by atoms with E-state index < -0.39 is 0 Å². The lowest BCUT2D eigenvalue weighted by Crippen LogP contribution is -2.04. The number of rotatable bonds is 4. The molecule has 3 heteroatoms. The third-order valence-corrected chi connectivity index (χ3v) is 4.38. The second-order valence-corrected chi connectivity index (χ2v) is 5.96. The van der Waals surface area contributed by atoms with Crippen LogP contribution in [0.2, 0.25) is 0 Å². The van der Waals surface area contributed by atoms with Gasteiger partial charge in [0.15, 0.2) is 5.78 Å². The molecule has 1 aliphatic carbocycles. The van der Waals surface area contributed by atoms with Gasteiger partial charge in [-0.05, 0) is 17.7 Å². The highest BCUT2D eigenvalue weighted by Gasteiger charge is 2.55. The Balaban J connectivity index is 1.86. The van der Waals surface area contributed by atoms with E-state index in [0.29, 0.717) is 5.56 Å². The van der Waals surface area contributed by atoms with Gasteiger partial charge in [-0.25, -0.2) is 0 Å². The fourth-order valence-electron chi connectivity index (χ4n) is 2.75. The summed E-state index contributed by atoms with van der Waals surface area (Å²) in [4.78, 5) is 23.7. The predicted molar refractivity (Wildman–Crippen MR) is 80.7 cm³/mol. The minimum Gasteiger partial charge on any atom is -0.303 e. The summed E-state index contributed by atoms with van der Waals surface area (Å²) < 4.78 is 0.996. The molecule has 0 unspecified atom stereocenters. The highest BCUT2D eigenvalue weighted by atomic mass is 79.9. The minimum absolute atomic E-state index is 0.0216. The van der Waals surface area contributed by atoms with Gasteiger partial charge in [-0.1, -0.05) is 58.4 Å². The summed E-state index contributed by atoms with van der Waals surface area (Å²) in [6, 6.07) is 17.0. The standard InChI is InChI=1S/C17H13BrO2/c18-13-8-6-11(7-9-13)15-14(10-19)16(15)17(20)12-4-2-1-3-5-12/h1-10,14-16H/t14-,15-,16+/m0/s1. The molecule has 1 fully saturated rings. The molecule has 0 N–H and O–H groups in total. The van der Waals surface area contributed by atoms with Crippen LogP contribution in [0.5, 0.6) is 0 Å². The normalized spacial score (nSPS) is 24.1. The predicted octanol–water partition coefficient (Wildman–Crippen LogP) is 3.86. The molecule has 0 radical (unpaired) electrons. The summed E-state index contributed by atoms with van der Waals surface area (Å²) in [5.41, 5.74) is 1.74. The van der Waals surface area contributed by atoms with Crippen molar-refractivity contribution in [3.8, 4) is 0 Å². The average Bonchev–Trinajstić information content (AvgIpc) is 3.22. The van der Waals surface area contributed by atoms with Crippen molar-refractivity contribution < 1.29 is 9.59 Å². The number of halogens is 1. The van der Waals surface area contributed by atoms with Crippen molar-refractivity contribution in [2.45, 2.75) is 5.92 Å². The Morgan fingerprint density at radius 2 is 1.65 bits per heavy atom. The summed E-state index contributed by atoms with van der Waals surface area (Å²) in [6.45, 7) is 0. The van der Waals surface area contributed by atoms with Crippen molar-refractivity contribution in [2.75, 3.05) is 0 Å². The molecule has 0 aromatic heterocycles. The zero-order chi connectivity index (χ0) is 14.1. The van der Waals surface area contributed by atoms with E-state index in [0.717, 1.165) is 16.3 Å². The summed E-state index contributed by atoms with van der Waals surface area (Å²) >= 11 is 3.39. The Morgan fingerprint density at radius 1 is 1.00 bits per heavy atom. The lowest BCUT2D eigenvalue weighted by atomic mass is 10.0. The lowest BCUT2D eigenvalue weighted by Gasteiger charge is -2.01. The molecule has 3 rings (SSSR count). The van der Waals surface area contributed by atoms with E-state index in [1.807, 2.05) is 42.5 Å². The molecule has 0 saturated heterocycles. The summed E-state index contributed by atoms with van der Waals surface area (Å²) in [7, 11) is 0. The van der Waals surface area contributed by atoms with Gasteiger partial charge < -0.3 is 4.79 Å². The van der Waals surface area contributed by atoms with Crippen molar-refractivity contribution in [3.63, 3.8) is 0 Å². The van der Waals surface area contributed by atoms with Gasteiger partial charge in [0, 0.05) is 27.8 Å². The fraction of sp³-hybridized carbons (Fsp3) is 0.176. The van der Waals surface area contributed by atoms with Crippen molar-refractivity contribution in [2.24, 2.45) is 11.8 Å². The molecular formula is C17H13BrO2. The van der Waals surface area contributed by atoms with Crippen LogP contribution in [0.25, 0.3) is 0 Å². The Bertz CT molecular complexity index is 634. The average molecular weight is 329 g/mol. The maximum atomic E-state index is 12.5. The Hall–Kier alpha value is -1.74. The van der Waals surface area contributed by atoms with E-state index in [9.17, 15) is 9.59 Å². The molecule has 0 aliphatic heterocycles. The second-order valence-electron chi connectivity index (χ2n) is 5.05. The van der Waals surface area contributed by atoms with E-state index >= 15 is 0 Å². The molecule has 0 spiro atoms. The molecule has 2 nitrogen and oxygen atoms in total. The van der Waals surface area contributed by atoms with E-state index in [1.54, 1.807) is 12.1 Å². The summed E-state index contributed by atoms with van der Waals surface area (Å²) in [5, 5.41) is 0. The molecule has 2 aromatic carbocycles. The van der Waals surface area contributed by atoms with Crippen molar-refractivity contribution >= 4 is 28.0 Å². The molecule has 1 saturated carbocycles. The molecule has 3 atom stereocenters. The number of carbonyl (C=O) groups excluding carboxylic acids is 2. The van der Waals surface area contributed by atoms with Crippen LogP contribution in [0.4, 0.5) is 0 Å². The molecule has 20 heavy (non-hydrogen) atoms. The van der Waals surface area contributed by atoms with Gasteiger partial charge in [0.25, 0.3) is 0 Å². The maximum absolute atomic E-state index is 12.5. The number of Topliss-reactive ketones (excluding diaryl/α,β-unsaturated/α-hetero) is 1. The third-order valence-electron chi connectivity index (χ3n) is 3.85. The quantitative estimate of drug-likeness (QED) is 0.630. The SMILES string of the molecule is O=C[C@@H]1[C@@H](C(=O)c2ccccc2)[C@H]1c1ccc(Br)cc1. The van der Waals surface area contributed by atoms with Gasteiger partial charge in [-0.3, -0.25) is 4.79 Å². The molecule has 0 amide bonds. The van der Waals surface area contributed by atoms with E-state index in [-0.39, 0.29) is 23.5 Å². The number of carbonyl (C=O) groups is 2. The van der Waals surface area contributed by atoms with Crippen LogP contribution in [-0.4, -0.2) is 12.1 Å². The first-order valence-corrected chi connectivity index (χ1v) is 7.31. The first-order chi connectivity index (χ1) is 9.72. The topological polar surface area (TPSA) is 34.1 Å². The number of hydrogen-bond acceptors (Lipinski definition) is 2. The molecule has 100 valence electrons. The van der Waals surface area contributed by atoms with Crippen LogP contribution >= 0.6 is 15.9 Å². The molecule has 0 heterocycles. The summed E-state index contributed by atoms with van der Waals surface area (Å²) in [5.74, 6) is -0.316. The van der Waals surface area contributed by atoms with Crippen LogP contribution in [-0.2, 0) is 4.79 Å². The monoisotopic (exact) mass is 328 g/mol. The Morgan fingerprint density at radius 3 is 2.25 bits per heavy atom. The van der Waals surface area contributed by atoms with Gasteiger partial charge in [0.05, 0.1) is 0 Å². The van der Waals surface area contributed by atoms with E-state index in [4.69, 9.17) is 0 Å². The molecule has 0 bridgehead atoms. The van der Waals surface area contributed by atoms with Crippen molar-refractivity contribution in [3.05, 3.63) is 70.2 Å². The molecule has 1 aliphatic rings. The van der Waals surface area contributed by atoms with Crippen LogP contribution in [0.3, 0.4) is 0 Å². The van der Waals surface area contributed by atoms with E-state index in [2.05, 4.69) is 15.9 Å². The van der Waals surface area contributed by atoms with Crippen LogP contribution in [0, 0.1) is 11.8 Å². The fourth-order valence-corrected chi connectivity index (χ4v) is 3.02. The second kappa shape index (κ2) is 5.33. The van der Waals surface area contributed by atoms with Crippen molar-refractivity contribution in [1.29, 1.82) is 0 Å². The van der Waals surface area contributed by atoms with Crippen molar-refractivity contribution in [1.82, 2.24) is 0 Å². The maximum Gasteiger partial charge on any atom is 0.167 e. The lowest BCUT2D eigenvalue weighted by molar-refractivity contribution is -0.109. The van der Waals surface area contributed by atoms with E-state index in [1.165, 1.54) is 0 Å². The first-order valence-electron chi connectivity index (χ1n) is 6.52. The highest BCUT2D eigenvalue weighted by Crippen LogP contribution is 2.54. The number of ketones is 1. The van der Waals surface area contributed by atoms with Gasteiger partial charge in [0.1, 0.15) is 6.29 Å².